The molecule has 0 aliphatic carbocycles. The van der Waals surface area contributed by atoms with Gasteiger partial charge in [-0.05, 0) is 48.9 Å². The summed E-state index contributed by atoms with van der Waals surface area (Å²) in [5.74, 6) is 0.817. The van der Waals surface area contributed by atoms with Gasteiger partial charge in [0.2, 0.25) is 0 Å². The lowest BCUT2D eigenvalue weighted by molar-refractivity contribution is -0.0124. The Bertz CT molecular complexity index is 685. The zero-order valence-corrected chi connectivity index (χ0v) is 14.3. The van der Waals surface area contributed by atoms with E-state index in [0.717, 1.165) is 11.3 Å². The van der Waals surface area contributed by atoms with Crippen LogP contribution < -0.4 is 4.74 Å². The molecule has 1 saturated heterocycles. The highest BCUT2D eigenvalue weighted by atomic mass is 35.5. The zero-order valence-electron chi connectivity index (χ0n) is 13.6. The van der Waals surface area contributed by atoms with Gasteiger partial charge in [0, 0.05) is 23.7 Å². The molecule has 0 aromatic heterocycles. The number of carbonyl (C=O) groups is 1. The number of nitrogens with zero attached hydrogens (tertiary/aromatic N) is 1. The minimum Gasteiger partial charge on any atom is -0.489 e. The summed E-state index contributed by atoms with van der Waals surface area (Å²) in [5.41, 5.74) is 1.70. The first-order valence-electron chi connectivity index (χ1n) is 8.00. The standard InChI is InChI=1S/C19H20ClNO3/c1-14-12-21(10-11-23-14)19(22)16-4-2-15(3-5-16)13-24-18-8-6-17(20)7-9-18/h2-9,14H,10-13H2,1H3/t14-/m1/s1. The van der Waals surface area contributed by atoms with Crippen molar-refractivity contribution in [3.63, 3.8) is 0 Å². The Morgan fingerprint density at radius 1 is 1.21 bits per heavy atom. The van der Waals surface area contributed by atoms with Crippen LogP contribution in [0, 0.1) is 0 Å². The quantitative estimate of drug-likeness (QED) is 0.846. The van der Waals surface area contributed by atoms with Gasteiger partial charge in [0.15, 0.2) is 0 Å². The summed E-state index contributed by atoms with van der Waals surface area (Å²) in [4.78, 5) is 14.3. The van der Waals surface area contributed by atoms with Gasteiger partial charge in [-0.15, -0.1) is 0 Å². The lowest BCUT2D eigenvalue weighted by Gasteiger charge is -2.31. The summed E-state index contributed by atoms with van der Waals surface area (Å²) >= 11 is 5.85. The fraction of sp³-hybridized carbons (Fsp3) is 0.316. The number of benzene rings is 2. The predicted octanol–water partition coefficient (Wildman–Crippen LogP) is 3.78. The molecule has 1 atom stereocenters. The lowest BCUT2D eigenvalue weighted by Crippen LogP contribution is -2.44. The number of halogens is 1. The molecule has 1 fully saturated rings. The number of rotatable bonds is 4. The number of amides is 1. The normalized spacial score (nSPS) is 17.6. The molecule has 1 heterocycles. The van der Waals surface area contributed by atoms with Gasteiger partial charge < -0.3 is 14.4 Å². The second-order valence-corrected chi connectivity index (χ2v) is 6.31. The Hall–Kier alpha value is -2.04. The van der Waals surface area contributed by atoms with Crippen molar-refractivity contribution in [1.29, 1.82) is 0 Å². The van der Waals surface area contributed by atoms with Crippen LogP contribution in [0.5, 0.6) is 5.75 Å². The Balaban J connectivity index is 1.58. The van der Waals surface area contributed by atoms with Gasteiger partial charge in [0.05, 0.1) is 12.7 Å². The molecule has 2 aromatic carbocycles. The summed E-state index contributed by atoms with van der Waals surface area (Å²) < 4.78 is 11.2. The molecule has 1 amide bonds. The molecular weight excluding hydrogens is 326 g/mol. The Morgan fingerprint density at radius 2 is 1.92 bits per heavy atom. The van der Waals surface area contributed by atoms with Gasteiger partial charge >= 0.3 is 0 Å². The average molecular weight is 346 g/mol. The molecule has 2 aromatic rings. The summed E-state index contributed by atoms with van der Waals surface area (Å²) in [6, 6.07) is 14.8. The van der Waals surface area contributed by atoms with Crippen LogP contribution in [0.2, 0.25) is 5.02 Å². The smallest absolute Gasteiger partial charge is 0.254 e. The Labute approximate surface area is 146 Å². The van der Waals surface area contributed by atoms with Gasteiger partial charge in [-0.2, -0.15) is 0 Å². The highest BCUT2D eigenvalue weighted by Gasteiger charge is 2.22. The second-order valence-electron chi connectivity index (χ2n) is 5.87. The Kier molecular flexibility index (Phi) is 5.38. The molecule has 4 nitrogen and oxygen atoms in total. The van der Waals surface area contributed by atoms with Crippen molar-refractivity contribution >= 4 is 17.5 Å². The SMILES string of the molecule is C[C@@H]1CN(C(=O)c2ccc(COc3ccc(Cl)cc3)cc2)CCO1. The molecule has 5 heteroatoms. The fourth-order valence-electron chi connectivity index (χ4n) is 2.63. The molecule has 0 unspecified atom stereocenters. The molecule has 1 aliphatic heterocycles. The van der Waals surface area contributed by atoms with E-state index >= 15 is 0 Å². The maximum atomic E-state index is 12.5. The van der Waals surface area contributed by atoms with Crippen LogP contribution in [-0.2, 0) is 11.3 Å². The highest BCUT2D eigenvalue weighted by molar-refractivity contribution is 6.30. The van der Waals surface area contributed by atoms with Gasteiger partial charge in [0.25, 0.3) is 5.91 Å². The second kappa shape index (κ2) is 7.69. The fourth-order valence-corrected chi connectivity index (χ4v) is 2.75. The first kappa shape index (κ1) is 16.8. The van der Waals surface area contributed by atoms with Crippen LogP contribution >= 0.6 is 11.6 Å². The van der Waals surface area contributed by atoms with Gasteiger partial charge in [0.1, 0.15) is 12.4 Å². The van der Waals surface area contributed by atoms with Crippen LogP contribution in [-0.4, -0.2) is 36.6 Å². The van der Waals surface area contributed by atoms with Crippen LogP contribution in [0.3, 0.4) is 0 Å². The third kappa shape index (κ3) is 4.28. The van der Waals surface area contributed by atoms with Crippen LogP contribution in [0.1, 0.15) is 22.8 Å². The molecule has 24 heavy (non-hydrogen) atoms. The maximum absolute atomic E-state index is 12.5. The van der Waals surface area contributed by atoms with Crippen LogP contribution in [0.15, 0.2) is 48.5 Å². The van der Waals surface area contributed by atoms with Crippen molar-refractivity contribution in [2.24, 2.45) is 0 Å². The topological polar surface area (TPSA) is 38.8 Å². The average Bonchev–Trinajstić information content (AvgIpc) is 2.61. The van der Waals surface area contributed by atoms with Crippen molar-refractivity contribution in [2.75, 3.05) is 19.7 Å². The van der Waals surface area contributed by atoms with Crippen molar-refractivity contribution < 1.29 is 14.3 Å². The summed E-state index contributed by atoms with van der Waals surface area (Å²) in [7, 11) is 0. The van der Waals surface area contributed by atoms with E-state index in [1.54, 1.807) is 12.1 Å². The van der Waals surface area contributed by atoms with E-state index in [4.69, 9.17) is 21.1 Å². The van der Waals surface area contributed by atoms with Crippen molar-refractivity contribution in [3.05, 3.63) is 64.7 Å². The summed E-state index contributed by atoms with van der Waals surface area (Å²) in [6.07, 6.45) is 0.0924. The molecule has 0 bridgehead atoms. The monoisotopic (exact) mass is 345 g/mol. The third-order valence-electron chi connectivity index (χ3n) is 3.95. The summed E-state index contributed by atoms with van der Waals surface area (Å²) in [5, 5.41) is 0.683. The first-order valence-corrected chi connectivity index (χ1v) is 8.38. The number of hydrogen-bond acceptors (Lipinski definition) is 3. The van der Waals surface area contributed by atoms with Crippen molar-refractivity contribution in [2.45, 2.75) is 19.6 Å². The third-order valence-corrected chi connectivity index (χ3v) is 4.20. The molecule has 0 radical (unpaired) electrons. The van der Waals surface area contributed by atoms with E-state index in [1.165, 1.54) is 0 Å². The minimum absolute atomic E-state index is 0.0512. The predicted molar refractivity (Wildman–Crippen MR) is 93.5 cm³/mol. The highest BCUT2D eigenvalue weighted by Crippen LogP contribution is 2.17. The number of hydrogen-bond donors (Lipinski definition) is 0. The van der Waals surface area contributed by atoms with Crippen LogP contribution in [0.4, 0.5) is 0 Å². The lowest BCUT2D eigenvalue weighted by atomic mass is 10.1. The van der Waals surface area contributed by atoms with Crippen molar-refractivity contribution in [1.82, 2.24) is 4.90 Å². The maximum Gasteiger partial charge on any atom is 0.254 e. The van der Waals surface area contributed by atoms with E-state index < -0.39 is 0 Å². The molecule has 126 valence electrons. The number of ether oxygens (including phenoxy) is 2. The van der Waals surface area contributed by atoms with E-state index in [-0.39, 0.29) is 12.0 Å². The minimum atomic E-state index is 0.0512. The molecule has 1 aliphatic rings. The summed E-state index contributed by atoms with van der Waals surface area (Å²) in [6.45, 7) is 4.31. The van der Waals surface area contributed by atoms with Gasteiger partial charge in [-0.3, -0.25) is 4.79 Å². The first-order chi connectivity index (χ1) is 11.6. The molecule has 0 spiro atoms. The van der Waals surface area contributed by atoms with Gasteiger partial charge in [-0.25, -0.2) is 0 Å². The largest absolute Gasteiger partial charge is 0.489 e. The van der Waals surface area contributed by atoms with Crippen molar-refractivity contribution in [3.8, 4) is 5.75 Å². The molecular formula is C19H20ClNO3. The van der Waals surface area contributed by atoms with Gasteiger partial charge in [-0.1, -0.05) is 23.7 Å². The van der Waals surface area contributed by atoms with E-state index in [1.807, 2.05) is 48.2 Å². The number of carbonyl (C=O) groups excluding carboxylic acids is 1. The van der Waals surface area contributed by atoms with E-state index in [0.29, 0.717) is 36.9 Å². The molecule has 3 rings (SSSR count). The Morgan fingerprint density at radius 3 is 2.58 bits per heavy atom. The van der Waals surface area contributed by atoms with Crippen LogP contribution in [0.25, 0.3) is 0 Å². The molecule has 0 N–H and O–H groups in total. The number of morpholine rings is 1. The molecule has 0 saturated carbocycles. The van der Waals surface area contributed by atoms with E-state index in [2.05, 4.69) is 0 Å². The van der Waals surface area contributed by atoms with E-state index in [9.17, 15) is 4.79 Å². The zero-order chi connectivity index (χ0) is 16.9.